The van der Waals surface area contributed by atoms with Gasteiger partial charge >= 0.3 is 6.55 Å². The number of amides is 1. The Hall–Kier alpha value is -4.52. The van der Waals surface area contributed by atoms with Crippen molar-refractivity contribution < 1.29 is 13.6 Å². The molecule has 8 nitrogen and oxygen atoms in total. The van der Waals surface area contributed by atoms with Crippen LogP contribution in [0.2, 0.25) is 0 Å². The van der Waals surface area contributed by atoms with Gasteiger partial charge in [-0.15, -0.1) is 0 Å². The number of benzene rings is 1. The van der Waals surface area contributed by atoms with Gasteiger partial charge in [0, 0.05) is 47.9 Å². The number of nitrogens with one attached hydrogen (secondary N) is 1. The minimum absolute atomic E-state index is 0.0839. The summed E-state index contributed by atoms with van der Waals surface area (Å²) >= 11 is 0. The molecule has 5 rings (SSSR count). The summed E-state index contributed by atoms with van der Waals surface area (Å²) in [5.74, 6) is -0.183. The van der Waals surface area contributed by atoms with Gasteiger partial charge in [0.1, 0.15) is 6.07 Å². The molecule has 1 aliphatic heterocycles. The molecule has 0 saturated carbocycles. The van der Waals surface area contributed by atoms with Crippen molar-refractivity contribution in [3.8, 4) is 28.3 Å². The molecule has 0 bridgehead atoms. The zero-order chi connectivity index (χ0) is 23.8. The van der Waals surface area contributed by atoms with Crippen molar-refractivity contribution in [1.29, 1.82) is 5.26 Å². The SMILES string of the molecule is C=CC(=O)NC1CN(c2ccc(-c3cc(-c4cnn(C(F)F)c4)cn4ncc(C#N)c34)cc2)C1. The third-order valence-electron chi connectivity index (χ3n) is 5.82. The summed E-state index contributed by atoms with van der Waals surface area (Å²) in [7, 11) is 0. The Bertz CT molecular complexity index is 1430. The van der Waals surface area contributed by atoms with Crippen molar-refractivity contribution in [1.82, 2.24) is 24.7 Å². The Morgan fingerprint density at radius 2 is 1.91 bits per heavy atom. The van der Waals surface area contributed by atoms with E-state index in [4.69, 9.17) is 0 Å². The van der Waals surface area contributed by atoms with Crippen LogP contribution in [0, 0.1) is 11.3 Å². The molecule has 0 aliphatic carbocycles. The van der Waals surface area contributed by atoms with Gasteiger partial charge in [-0.2, -0.15) is 24.2 Å². The van der Waals surface area contributed by atoms with E-state index in [2.05, 4.69) is 33.1 Å². The van der Waals surface area contributed by atoms with Crippen LogP contribution in [0.3, 0.4) is 0 Å². The van der Waals surface area contributed by atoms with Gasteiger partial charge in [0.15, 0.2) is 0 Å². The number of fused-ring (bicyclic) bond motifs is 1. The highest BCUT2D eigenvalue weighted by atomic mass is 19.3. The van der Waals surface area contributed by atoms with Gasteiger partial charge in [-0.1, -0.05) is 18.7 Å². The summed E-state index contributed by atoms with van der Waals surface area (Å²) in [5, 5.41) is 20.4. The Labute approximate surface area is 193 Å². The number of carbonyl (C=O) groups excluding carboxylic acids is 1. The van der Waals surface area contributed by atoms with E-state index < -0.39 is 6.55 Å². The average molecular weight is 459 g/mol. The minimum Gasteiger partial charge on any atom is -0.367 e. The van der Waals surface area contributed by atoms with Gasteiger partial charge in [-0.05, 0) is 29.8 Å². The second-order valence-electron chi connectivity index (χ2n) is 7.95. The maximum absolute atomic E-state index is 13.0. The van der Waals surface area contributed by atoms with E-state index in [1.54, 1.807) is 10.7 Å². The molecular weight excluding hydrogens is 440 g/mol. The Balaban J connectivity index is 1.47. The smallest absolute Gasteiger partial charge is 0.333 e. The second kappa shape index (κ2) is 8.44. The van der Waals surface area contributed by atoms with Crippen LogP contribution >= 0.6 is 0 Å². The molecule has 0 spiro atoms. The lowest BCUT2D eigenvalue weighted by Crippen LogP contribution is -2.59. The zero-order valence-corrected chi connectivity index (χ0v) is 17.9. The highest BCUT2D eigenvalue weighted by Gasteiger charge is 2.27. The number of pyridine rings is 1. The van der Waals surface area contributed by atoms with Crippen molar-refractivity contribution in [2.45, 2.75) is 12.6 Å². The van der Waals surface area contributed by atoms with E-state index in [1.807, 2.05) is 30.3 Å². The number of hydrogen-bond acceptors (Lipinski definition) is 5. The third-order valence-corrected chi connectivity index (χ3v) is 5.82. The van der Waals surface area contributed by atoms with E-state index in [9.17, 15) is 18.8 Å². The molecule has 170 valence electrons. The largest absolute Gasteiger partial charge is 0.367 e. The quantitative estimate of drug-likeness (QED) is 0.445. The molecule has 4 aromatic rings. The molecule has 1 amide bonds. The first-order chi connectivity index (χ1) is 16.5. The van der Waals surface area contributed by atoms with Gasteiger partial charge < -0.3 is 10.2 Å². The number of rotatable bonds is 6. The number of nitrogens with zero attached hydrogens (tertiary/aromatic N) is 6. The molecule has 0 atom stereocenters. The predicted molar refractivity (Wildman–Crippen MR) is 122 cm³/mol. The zero-order valence-electron chi connectivity index (χ0n) is 17.9. The monoisotopic (exact) mass is 459 g/mol. The van der Waals surface area contributed by atoms with Crippen LogP contribution in [0.5, 0.6) is 0 Å². The summed E-state index contributed by atoms with van der Waals surface area (Å²) in [6.07, 6.45) is 7.09. The van der Waals surface area contributed by atoms with Gasteiger partial charge in [-0.25, -0.2) is 9.20 Å². The van der Waals surface area contributed by atoms with Crippen LogP contribution in [0.1, 0.15) is 12.1 Å². The standard InChI is InChI=1S/C24H19F2N7O/c1-2-22(34)30-19-13-31(14-19)20-5-3-15(4-6-20)21-7-16(18-10-29-33(12-18)24(25)26)11-32-23(21)17(8-27)9-28-32/h2-7,9-12,19,24H,1,13-14H2,(H,30,34). The summed E-state index contributed by atoms with van der Waals surface area (Å²) in [6, 6.07) is 11.9. The first-order valence-electron chi connectivity index (χ1n) is 10.5. The number of aromatic nitrogens is 4. The predicted octanol–water partition coefficient (Wildman–Crippen LogP) is 3.62. The van der Waals surface area contributed by atoms with E-state index in [0.29, 0.717) is 40.0 Å². The van der Waals surface area contributed by atoms with Crippen LogP contribution in [-0.4, -0.2) is 44.4 Å². The molecule has 0 unspecified atom stereocenters. The second-order valence-corrected chi connectivity index (χ2v) is 7.95. The molecular formula is C24H19F2N7O. The van der Waals surface area contributed by atoms with Crippen LogP contribution in [0.25, 0.3) is 27.8 Å². The number of alkyl halides is 2. The fourth-order valence-corrected chi connectivity index (χ4v) is 4.07. The normalized spacial score (nSPS) is 13.6. The van der Waals surface area contributed by atoms with Crippen LogP contribution < -0.4 is 10.2 Å². The van der Waals surface area contributed by atoms with Crippen molar-refractivity contribution in [2.24, 2.45) is 0 Å². The summed E-state index contributed by atoms with van der Waals surface area (Å²) in [5.41, 5.74) is 4.83. The molecule has 1 fully saturated rings. The van der Waals surface area contributed by atoms with Gasteiger partial charge in [0.2, 0.25) is 5.91 Å². The third kappa shape index (κ3) is 3.77. The van der Waals surface area contributed by atoms with E-state index in [1.165, 1.54) is 24.7 Å². The van der Waals surface area contributed by atoms with Crippen molar-refractivity contribution >= 4 is 17.1 Å². The Morgan fingerprint density at radius 1 is 1.15 bits per heavy atom. The molecule has 0 radical (unpaired) electrons. The lowest BCUT2D eigenvalue weighted by atomic mass is 9.99. The maximum Gasteiger partial charge on any atom is 0.333 e. The first kappa shape index (κ1) is 21.3. The molecule has 4 heterocycles. The van der Waals surface area contributed by atoms with Crippen LogP contribution in [0.4, 0.5) is 14.5 Å². The number of carbonyl (C=O) groups is 1. The Kier molecular flexibility index (Phi) is 5.30. The van der Waals surface area contributed by atoms with E-state index in [-0.39, 0.29) is 11.9 Å². The topological polar surface area (TPSA) is 91.2 Å². The molecule has 1 N–H and O–H groups in total. The van der Waals surface area contributed by atoms with Crippen molar-refractivity contribution in [3.63, 3.8) is 0 Å². The minimum atomic E-state index is -2.73. The van der Waals surface area contributed by atoms with Crippen LogP contribution in [0.15, 0.2) is 67.8 Å². The molecule has 34 heavy (non-hydrogen) atoms. The van der Waals surface area contributed by atoms with E-state index in [0.717, 1.165) is 16.8 Å². The fraction of sp³-hybridized carbons (Fsp3) is 0.167. The maximum atomic E-state index is 13.0. The molecule has 1 aromatic carbocycles. The summed E-state index contributed by atoms with van der Waals surface area (Å²) in [4.78, 5) is 13.6. The van der Waals surface area contributed by atoms with Gasteiger partial charge in [-0.3, -0.25) is 4.79 Å². The molecule has 1 aliphatic rings. The average Bonchev–Trinajstić information content (AvgIpc) is 3.48. The molecule has 10 heteroatoms. The fourth-order valence-electron chi connectivity index (χ4n) is 4.07. The summed E-state index contributed by atoms with van der Waals surface area (Å²) < 4.78 is 28.2. The highest BCUT2D eigenvalue weighted by molar-refractivity contribution is 5.88. The Morgan fingerprint density at radius 3 is 2.56 bits per heavy atom. The number of hydrogen-bond donors (Lipinski definition) is 1. The van der Waals surface area contributed by atoms with Crippen molar-refractivity contribution in [2.75, 3.05) is 18.0 Å². The molecule has 1 saturated heterocycles. The van der Waals surface area contributed by atoms with Crippen LogP contribution in [-0.2, 0) is 4.79 Å². The highest BCUT2D eigenvalue weighted by Crippen LogP contribution is 2.33. The number of halogens is 2. The van der Waals surface area contributed by atoms with E-state index >= 15 is 0 Å². The molecule has 3 aromatic heterocycles. The number of anilines is 1. The van der Waals surface area contributed by atoms with Crippen molar-refractivity contribution in [3.05, 3.63) is 73.3 Å². The summed E-state index contributed by atoms with van der Waals surface area (Å²) in [6.45, 7) is 2.14. The number of nitriles is 1. The lowest BCUT2D eigenvalue weighted by Gasteiger charge is -2.41. The first-order valence-corrected chi connectivity index (χ1v) is 10.5. The van der Waals surface area contributed by atoms with Gasteiger partial charge in [0.25, 0.3) is 0 Å². The van der Waals surface area contributed by atoms with Gasteiger partial charge in [0.05, 0.1) is 29.5 Å². The lowest BCUT2D eigenvalue weighted by molar-refractivity contribution is -0.117.